The number of piperidine rings is 1. The third-order valence-electron chi connectivity index (χ3n) is 3.43. The molecule has 112 valence electrons. The first-order valence-electron chi connectivity index (χ1n) is 6.52. The summed E-state index contributed by atoms with van der Waals surface area (Å²) in [5.74, 6) is -1.63. The first-order valence-corrected chi connectivity index (χ1v) is 6.52. The molecule has 0 spiro atoms. The Hall–Kier alpha value is -2.37. The summed E-state index contributed by atoms with van der Waals surface area (Å²) in [5, 5.41) is 9.29. The summed E-state index contributed by atoms with van der Waals surface area (Å²) in [5.41, 5.74) is -0.440. The zero-order valence-corrected chi connectivity index (χ0v) is 12.2. The molecule has 0 bridgehead atoms. The number of hydrogen-bond donors (Lipinski definition) is 1. The maximum atomic E-state index is 12.2. The van der Waals surface area contributed by atoms with Crippen molar-refractivity contribution in [3.8, 4) is 5.75 Å². The topological polar surface area (TPSA) is 83.9 Å². The highest BCUT2D eigenvalue weighted by Gasteiger charge is 2.39. The van der Waals surface area contributed by atoms with Gasteiger partial charge in [-0.1, -0.05) is 13.8 Å². The molecule has 6 nitrogen and oxygen atoms in total. The quantitative estimate of drug-likeness (QED) is 0.862. The first kappa shape index (κ1) is 15.0. The number of anilines is 1. The van der Waals surface area contributed by atoms with Gasteiger partial charge in [0, 0.05) is 12.8 Å². The molecule has 6 heteroatoms. The van der Waals surface area contributed by atoms with Gasteiger partial charge in [0.1, 0.15) is 5.75 Å². The second kappa shape index (κ2) is 5.20. The molecule has 1 fully saturated rings. The number of aromatic carboxylic acids is 1. The second-order valence-corrected chi connectivity index (χ2v) is 5.83. The molecular weight excluding hydrogens is 274 g/mol. The lowest BCUT2D eigenvalue weighted by Gasteiger charge is -2.35. The molecule has 1 heterocycles. The van der Waals surface area contributed by atoms with E-state index in [0.717, 1.165) is 4.90 Å². The number of carboxylic acid groups (broad SMARTS) is 1. The lowest BCUT2D eigenvalue weighted by Crippen LogP contribution is -2.46. The van der Waals surface area contributed by atoms with Crippen LogP contribution in [0.25, 0.3) is 0 Å². The molecular formula is C15H17NO5. The number of hydrogen-bond acceptors (Lipinski definition) is 4. The molecule has 1 aliphatic heterocycles. The molecule has 0 unspecified atom stereocenters. The van der Waals surface area contributed by atoms with E-state index >= 15 is 0 Å². The summed E-state index contributed by atoms with van der Waals surface area (Å²) >= 11 is 0. The number of benzene rings is 1. The largest absolute Gasteiger partial charge is 0.497 e. The van der Waals surface area contributed by atoms with Gasteiger partial charge in [0.2, 0.25) is 11.8 Å². The average Bonchev–Trinajstić information content (AvgIpc) is 2.36. The van der Waals surface area contributed by atoms with Gasteiger partial charge >= 0.3 is 5.97 Å². The third-order valence-corrected chi connectivity index (χ3v) is 3.43. The van der Waals surface area contributed by atoms with Crippen molar-refractivity contribution < 1.29 is 24.2 Å². The smallest absolute Gasteiger partial charge is 0.337 e. The van der Waals surface area contributed by atoms with Crippen molar-refractivity contribution in [3.63, 3.8) is 0 Å². The van der Waals surface area contributed by atoms with Crippen LogP contribution in [0, 0.1) is 5.41 Å². The molecule has 1 saturated heterocycles. The van der Waals surface area contributed by atoms with Gasteiger partial charge in [-0.15, -0.1) is 0 Å². The molecule has 0 aliphatic carbocycles. The van der Waals surface area contributed by atoms with Crippen LogP contribution in [0.1, 0.15) is 37.0 Å². The summed E-state index contributed by atoms with van der Waals surface area (Å²) in [7, 11) is 1.42. The number of carbonyl (C=O) groups excluding carboxylic acids is 2. The Labute approximate surface area is 122 Å². The minimum atomic E-state index is -1.21. The summed E-state index contributed by atoms with van der Waals surface area (Å²) < 4.78 is 4.98. The van der Waals surface area contributed by atoms with E-state index in [1.807, 2.05) is 13.8 Å². The molecule has 1 N–H and O–H groups in total. The number of methoxy groups -OCH3 is 1. The number of amides is 2. The number of carbonyl (C=O) groups is 3. The Kier molecular flexibility index (Phi) is 3.72. The van der Waals surface area contributed by atoms with Gasteiger partial charge in [-0.25, -0.2) is 9.69 Å². The predicted octanol–water partition coefficient (Wildman–Crippen LogP) is 2.07. The lowest BCUT2D eigenvalue weighted by molar-refractivity contribution is -0.132. The third kappa shape index (κ3) is 2.89. The van der Waals surface area contributed by atoms with Gasteiger partial charge in [0.15, 0.2) is 0 Å². The summed E-state index contributed by atoms with van der Waals surface area (Å²) in [4.78, 5) is 36.8. The fraction of sp³-hybridized carbons (Fsp3) is 0.400. The van der Waals surface area contributed by atoms with Crippen molar-refractivity contribution >= 4 is 23.5 Å². The first-order chi connectivity index (χ1) is 9.75. The van der Waals surface area contributed by atoms with E-state index in [4.69, 9.17) is 4.74 Å². The van der Waals surface area contributed by atoms with E-state index in [1.54, 1.807) is 0 Å². The Morgan fingerprint density at radius 1 is 1.24 bits per heavy atom. The van der Waals surface area contributed by atoms with Crippen LogP contribution >= 0.6 is 0 Å². The van der Waals surface area contributed by atoms with Crippen LogP contribution in [-0.4, -0.2) is 30.0 Å². The maximum absolute atomic E-state index is 12.2. The SMILES string of the molecule is COc1ccc(N2C(=O)CC(C)(C)CC2=O)c(C(=O)O)c1. The number of carboxylic acids is 1. The van der Waals surface area contributed by atoms with E-state index < -0.39 is 11.4 Å². The van der Waals surface area contributed by atoms with Gasteiger partial charge < -0.3 is 9.84 Å². The molecule has 0 atom stereocenters. The zero-order chi connectivity index (χ0) is 15.8. The molecule has 1 aliphatic rings. The van der Waals surface area contributed by atoms with E-state index in [0.29, 0.717) is 5.75 Å². The standard InChI is InChI=1S/C15H17NO5/c1-15(2)7-12(17)16(13(18)8-15)11-5-4-9(21-3)6-10(11)14(19)20/h4-6H,7-8H2,1-3H3,(H,19,20). The minimum Gasteiger partial charge on any atom is -0.497 e. The van der Waals surface area contributed by atoms with Crippen LogP contribution in [0.2, 0.25) is 0 Å². The highest BCUT2D eigenvalue weighted by Crippen LogP contribution is 2.36. The number of ether oxygens (including phenoxy) is 1. The molecule has 0 aromatic heterocycles. The Balaban J connectivity index is 2.49. The van der Waals surface area contributed by atoms with E-state index in [2.05, 4.69) is 0 Å². The van der Waals surface area contributed by atoms with Crippen molar-refractivity contribution in [1.82, 2.24) is 0 Å². The monoisotopic (exact) mass is 291 g/mol. The van der Waals surface area contributed by atoms with Gasteiger partial charge in [0.05, 0.1) is 18.4 Å². The van der Waals surface area contributed by atoms with Crippen molar-refractivity contribution in [3.05, 3.63) is 23.8 Å². The van der Waals surface area contributed by atoms with Gasteiger partial charge in [-0.3, -0.25) is 9.59 Å². The van der Waals surface area contributed by atoms with Gasteiger partial charge in [0.25, 0.3) is 0 Å². The molecule has 21 heavy (non-hydrogen) atoms. The normalized spacial score (nSPS) is 17.8. The Morgan fingerprint density at radius 2 is 1.81 bits per heavy atom. The highest BCUT2D eigenvalue weighted by molar-refractivity contribution is 6.19. The fourth-order valence-corrected chi connectivity index (χ4v) is 2.46. The zero-order valence-electron chi connectivity index (χ0n) is 12.2. The molecule has 1 aromatic carbocycles. The van der Waals surface area contributed by atoms with E-state index in [9.17, 15) is 19.5 Å². The van der Waals surface area contributed by atoms with E-state index in [1.165, 1.54) is 25.3 Å². The van der Waals surface area contributed by atoms with Crippen LogP contribution in [0.3, 0.4) is 0 Å². The lowest BCUT2D eigenvalue weighted by atomic mass is 9.81. The van der Waals surface area contributed by atoms with Crippen LogP contribution in [-0.2, 0) is 9.59 Å². The van der Waals surface area contributed by atoms with Crippen molar-refractivity contribution in [2.24, 2.45) is 5.41 Å². The predicted molar refractivity (Wildman–Crippen MR) is 75.5 cm³/mol. The maximum Gasteiger partial charge on any atom is 0.337 e. The molecule has 1 aromatic rings. The second-order valence-electron chi connectivity index (χ2n) is 5.83. The summed E-state index contributed by atoms with van der Waals surface area (Å²) in [6.07, 6.45) is 0.396. The summed E-state index contributed by atoms with van der Waals surface area (Å²) in [6, 6.07) is 4.26. The molecule has 0 saturated carbocycles. The Morgan fingerprint density at radius 3 is 2.29 bits per heavy atom. The average molecular weight is 291 g/mol. The van der Waals surface area contributed by atoms with Gasteiger partial charge in [-0.05, 0) is 23.6 Å². The summed E-state index contributed by atoms with van der Waals surface area (Å²) in [6.45, 7) is 3.68. The van der Waals surface area contributed by atoms with Crippen LogP contribution in [0.15, 0.2) is 18.2 Å². The van der Waals surface area contributed by atoms with Crippen molar-refractivity contribution in [2.45, 2.75) is 26.7 Å². The minimum absolute atomic E-state index is 0.0915. The molecule has 2 amide bonds. The molecule has 2 rings (SSSR count). The van der Waals surface area contributed by atoms with Crippen LogP contribution in [0.5, 0.6) is 5.75 Å². The van der Waals surface area contributed by atoms with Gasteiger partial charge in [-0.2, -0.15) is 0 Å². The number of rotatable bonds is 3. The number of imide groups is 1. The van der Waals surface area contributed by atoms with Crippen LogP contribution < -0.4 is 9.64 Å². The van der Waals surface area contributed by atoms with Crippen molar-refractivity contribution in [1.29, 1.82) is 0 Å². The van der Waals surface area contributed by atoms with Crippen LogP contribution in [0.4, 0.5) is 5.69 Å². The van der Waals surface area contributed by atoms with Crippen molar-refractivity contribution in [2.75, 3.05) is 12.0 Å². The number of nitrogens with zero attached hydrogens (tertiary/aromatic N) is 1. The fourth-order valence-electron chi connectivity index (χ4n) is 2.46. The molecule has 0 radical (unpaired) electrons. The highest BCUT2D eigenvalue weighted by atomic mass is 16.5. The Bertz CT molecular complexity index is 600. The van der Waals surface area contributed by atoms with E-state index in [-0.39, 0.29) is 35.9 Å².